The molecule has 0 aliphatic carbocycles. The minimum Gasteiger partial charge on any atom is -0.493 e. The molecule has 3 rings (SSSR count). The second-order valence-corrected chi connectivity index (χ2v) is 5.86. The molecule has 2 aliphatic rings. The van der Waals surface area contributed by atoms with Gasteiger partial charge in [0.25, 0.3) is 0 Å². The molecule has 114 valence electrons. The summed E-state index contributed by atoms with van der Waals surface area (Å²) in [5.41, 5.74) is 0.986. The Morgan fingerprint density at radius 1 is 1.33 bits per heavy atom. The van der Waals surface area contributed by atoms with Gasteiger partial charge in [-0.05, 0) is 38.3 Å². The average molecular weight is 293 g/mol. The Hall–Kier alpha value is -1.62. The minimum absolute atomic E-state index is 0.130. The van der Waals surface area contributed by atoms with Crippen molar-refractivity contribution in [3.63, 3.8) is 0 Å². The first-order valence-corrected chi connectivity index (χ1v) is 7.54. The van der Waals surface area contributed by atoms with Gasteiger partial charge in [-0.3, -0.25) is 9.69 Å². The van der Waals surface area contributed by atoms with Gasteiger partial charge in [-0.2, -0.15) is 0 Å². The fraction of sp³-hybridized carbons (Fsp3) is 0.562. The molecule has 1 fully saturated rings. The van der Waals surface area contributed by atoms with Gasteiger partial charge >= 0.3 is 5.97 Å². The van der Waals surface area contributed by atoms with Crippen molar-refractivity contribution in [3.8, 4) is 5.75 Å². The first-order chi connectivity index (χ1) is 10.1. The van der Waals surface area contributed by atoms with E-state index < -0.39 is 5.97 Å². The number of likely N-dealkylation sites (tertiary alicyclic amines) is 1. The zero-order chi connectivity index (χ0) is 14.8. The zero-order valence-electron chi connectivity index (χ0n) is 11.9. The lowest BCUT2D eigenvalue weighted by molar-refractivity contribution is -0.144. The molecule has 0 radical (unpaired) electrons. The molecule has 0 saturated carbocycles. The van der Waals surface area contributed by atoms with Crippen molar-refractivity contribution in [3.05, 3.63) is 29.6 Å². The van der Waals surface area contributed by atoms with E-state index in [0.717, 1.165) is 37.8 Å². The molecule has 1 aromatic carbocycles. The zero-order valence-corrected chi connectivity index (χ0v) is 11.9. The summed E-state index contributed by atoms with van der Waals surface area (Å²) in [6.45, 7) is 2.05. The molecule has 1 saturated heterocycles. The second-order valence-electron chi connectivity index (χ2n) is 5.86. The number of piperidine rings is 1. The van der Waals surface area contributed by atoms with Crippen LogP contribution in [0.1, 0.15) is 37.3 Å². The number of carbonyl (C=O) groups is 1. The Kier molecular flexibility index (Phi) is 4.10. The van der Waals surface area contributed by atoms with E-state index in [1.54, 1.807) is 6.07 Å². The molecule has 2 heterocycles. The van der Waals surface area contributed by atoms with Crippen LogP contribution in [0.3, 0.4) is 0 Å². The topological polar surface area (TPSA) is 49.8 Å². The lowest BCUT2D eigenvalue weighted by Crippen LogP contribution is -2.40. The van der Waals surface area contributed by atoms with Crippen LogP contribution in [0.5, 0.6) is 5.75 Å². The van der Waals surface area contributed by atoms with Crippen molar-refractivity contribution in [1.82, 2.24) is 4.90 Å². The van der Waals surface area contributed by atoms with Crippen molar-refractivity contribution in [1.29, 1.82) is 0 Å². The fourth-order valence-corrected chi connectivity index (χ4v) is 3.39. The van der Waals surface area contributed by atoms with Crippen LogP contribution < -0.4 is 4.74 Å². The van der Waals surface area contributed by atoms with E-state index in [4.69, 9.17) is 4.74 Å². The molecule has 2 unspecified atom stereocenters. The van der Waals surface area contributed by atoms with Gasteiger partial charge in [0.05, 0.1) is 12.5 Å². The van der Waals surface area contributed by atoms with Crippen LogP contribution in [0.2, 0.25) is 0 Å². The van der Waals surface area contributed by atoms with Crippen LogP contribution in [-0.2, 0) is 4.79 Å². The number of fused-ring (bicyclic) bond motifs is 1. The largest absolute Gasteiger partial charge is 0.493 e. The van der Waals surface area contributed by atoms with Crippen LogP contribution in [0.4, 0.5) is 4.39 Å². The molecule has 2 aliphatic heterocycles. The van der Waals surface area contributed by atoms with Gasteiger partial charge in [0.2, 0.25) is 0 Å². The van der Waals surface area contributed by atoms with Crippen molar-refractivity contribution in [2.45, 2.75) is 31.7 Å². The third kappa shape index (κ3) is 3.02. The number of carboxylic acids is 1. The maximum atomic E-state index is 13.4. The lowest BCUT2D eigenvalue weighted by Gasteiger charge is -2.37. The molecule has 4 nitrogen and oxygen atoms in total. The van der Waals surface area contributed by atoms with Crippen LogP contribution in [0, 0.1) is 11.7 Å². The highest BCUT2D eigenvalue weighted by atomic mass is 19.1. The lowest BCUT2D eigenvalue weighted by atomic mass is 9.93. The minimum atomic E-state index is -0.719. The van der Waals surface area contributed by atoms with Gasteiger partial charge in [-0.1, -0.05) is 6.07 Å². The summed E-state index contributed by atoms with van der Waals surface area (Å²) in [6, 6.07) is 4.81. The third-order valence-corrected chi connectivity index (χ3v) is 4.46. The molecule has 0 spiro atoms. The molecular formula is C16H20FNO3. The molecule has 5 heteroatoms. The smallest absolute Gasteiger partial charge is 0.307 e. The first-order valence-electron chi connectivity index (χ1n) is 7.54. The van der Waals surface area contributed by atoms with Gasteiger partial charge in [0.15, 0.2) is 0 Å². The number of aliphatic carboxylic acids is 1. The van der Waals surface area contributed by atoms with Crippen molar-refractivity contribution in [2.24, 2.45) is 5.92 Å². The van der Waals surface area contributed by atoms with E-state index in [2.05, 4.69) is 4.90 Å². The van der Waals surface area contributed by atoms with E-state index >= 15 is 0 Å². The number of benzene rings is 1. The number of halogens is 1. The monoisotopic (exact) mass is 293 g/mol. The first kappa shape index (κ1) is 14.3. The van der Waals surface area contributed by atoms with E-state index in [0.29, 0.717) is 18.9 Å². The van der Waals surface area contributed by atoms with E-state index in [-0.39, 0.29) is 17.8 Å². The van der Waals surface area contributed by atoms with Gasteiger partial charge < -0.3 is 9.84 Å². The summed E-state index contributed by atoms with van der Waals surface area (Å²) in [7, 11) is 0. The van der Waals surface area contributed by atoms with E-state index in [9.17, 15) is 14.3 Å². The highest BCUT2D eigenvalue weighted by Gasteiger charge is 2.32. The Bertz CT molecular complexity index is 534. The number of nitrogens with zero attached hydrogens (tertiary/aromatic N) is 1. The summed E-state index contributed by atoms with van der Waals surface area (Å²) in [6.07, 6.45) is 3.45. The molecule has 0 aromatic heterocycles. The van der Waals surface area contributed by atoms with Crippen LogP contribution >= 0.6 is 0 Å². The van der Waals surface area contributed by atoms with Gasteiger partial charge in [-0.25, -0.2) is 4.39 Å². The fourth-order valence-electron chi connectivity index (χ4n) is 3.39. The summed E-state index contributed by atoms with van der Waals surface area (Å²) >= 11 is 0. The summed E-state index contributed by atoms with van der Waals surface area (Å²) in [4.78, 5) is 13.5. The quantitative estimate of drug-likeness (QED) is 0.911. The average Bonchev–Trinajstić information content (AvgIpc) is 2.69. The molecule has 1 aromatic rings. The Balaban J connectivity index is 1.86. The van der Waals surface area contributed by atoms with Gasteiger partial charge in [-0.15, -0.1) is 0 Å². The highest BCUT2D eigenvalue weighted by Crippen LogP contribution is 2.37. The summed E-state index contributed by atoms with van der Waals surface area (Å²) < 4.78 is 19.0. The molecule has 21 heavy (non-hydrogen) atoms. The van der Waals surface area contributed by atoms with Crippen molar-refractivity contribution < 1.29 is 19.0 Å². The predicted octanol–water partition coefficient (Wildman–Crippen LogP) is 2.84. The van der Waals surface area contributed by atoms with Gasteiger partial charge in [0.1, 0.15) is 11.6 Å². The maximum Gasteiger partial charge on any atom is 0.307 e. The number of hydrogen-bond donors (Lipinski definition) is 1. The summed E-state index contributed by atoms with van der Waals surface area (Å²) in [5, 5.41) is 9.24. The normalized spacial score (nSPS) is 26.5. The maximum absolute atomic E-state index is 13.4. The second kappa shape index (κ2) is 6.02. The molecule has 1 N–H and O–H groups in total. The van der Waals surface area contributed by atoms with Crippen molar-refractivity contribution >= 4 is 5.97 Å². The van der Waals surface area contributed by atoms with Crippen LogP contribution in [0.25, 0.3) is 0 Å². The predicted molar refractivity (Wildman–Crippen MR) is 75.8 cm³/mol. The van der Waals surface area contributed by atoms with Crippen LogP contribution in [-0.4, -0.2) is 35.7 Å². The Morgan fingerprint density at radius 2 is 2.19 bits per heavy atom. The standard InChI is InChI=1S/C16H20FNO3/c17-12-5-6-13-14(4-2-8-21-15(13)9-12)18-7-1-3-11(10-18)16(19)20/h5-6,9,11,14H,1-4,7-8,10H2,(H,19,20). The number of rotatable bonds is 2. The third-order valence-electron chi connectivity index (χ3n) is 4.46. The van der Waals surface area contributed by atoms with Crippen molar-refractivity contribution in [2.75, 3.05) is 19.7 Å². The SMILES string of the molecule is O=C(O)C1CCCN(C2CCCOc3cc(F)ccc32)C1. The highest BCUT2D eigenvalue weighted by molar-refractivity contribution is 5.70. The Morgan fingerprint density at radius 3 is 3.00 bits per heavy atom. The molecule has 0 bridgehead atoms. The van der Waals surface area contributed by atoms with E-state index in [1.165, 1.54) is 12.1 Å². The van der Waals surface area contributed by atoms with E-state index in [1.807, 2.05) is 0 Å². The van der Waals surface area contributed by atoms with Gasteiger partial charge in [0, 0.05) is 24.2 Å². The molecular weight excluding hydrogens is 273 g/mol. The summed E-state index contributed by atoms with van der Waals surface area (Å²) in [5.74, 6) is -0.706. The number of carboxylic acid groups (broad SMARTS) is 1. The molecule has 2 atom stereocenters. The number of hydrogen-bond acceptors (Lipinski definition) is 3. The van der Waals surface area contributed by atoms with Crippen LogP contribution in [0.15, 0.2) is 18.2 Å². The molecule has 0 amide bonds. The number of ether oxygens (including phenoxy) is 1. The Labute approximate surface area is 123 Å².